The van der Waals surface area contributed by atoms with Gasteiger partial charge in [0, 0.05) is 6.07 Å². The second-order valence-electron chi connectivity index (χ2n) is 4.39. The molecule has 0 bridgehead atoms. The van der Waals surface area contributed by atoms with Crippen molar-refractivity contribution in [3.05, 3.63) is 29.3 Å². The third-order valence-corrected chi connectivity index (χ3v) is 2.33. The fourth-order valence-electron chi connectivity index (χ4n) is 1.56. The van der Waals surface area contributed by atoms with Gasteiger partial charge in [0.2, 0.25) is 0 Å². The molecule has 1 rings (SSSR count). The van der Waals surface area contributed by atoms with E-state index in [1.165, 1.54) is 5.57 Å². The molecule has 0 aliphatic rings. The van der Waals surface area contributed by atoms with Crippen LogP contribution in [0, 0.1) is 23.7 Å². The van der Waals surface area contributed by atoms with Crippen molar-refractivity contribution in [2.45, 2.75) is 27.7 Å². The fraction of sp³-hybridized carbons (Fsp3) is 0.333. The molecule has 0 aromatic heterocycles. The van der Waals surface area contributed by atoms with Crippen molar-refractivity contribution in [1.82, 2.24) is 0 Å². The molecule has 0 aliphatic heterocycles. The summed E-state index contributed by atoms with van der Waals surface area (Å²) in [7, 11) is 0. The van der Waals surface area contributed by atoms with Crippen molar-refractivity contribution >= 4 is 6.08 Å². The maximum Gasteiger partial charge on any atom is 0.149 e. The zero-order valence-electron chi connectivity index (χ0n) is 12.5. The smallest absolute Gasteiger partial charge is 0.149 e. The lowest BCUT2D eigenvalue weighted by Gasteiger charge is -2.08. The van der Waals surface area contributed by atoms with Gasteiger partial charge < -0.3 is 9.47 Å². The summed E-state index contributed by atoms with van der Waals surface area (Å²) in [5, 5.41) is 0. The molecule has 0 amide bonds. The highest BCUT2D eigenvalue weighted by Crippen LogP contribution is 2.24. The van der Waals surface area contributed by atoms with Gasteiger partial charge in [-0.25, -0.2) is 0 Å². The average molecular weight is 268 g/mol. The van der Waals surface area contributed by atoms with Gasteiger partial charge in [-0.3, -0.25) is 0 Å². The predicted molar refractivity (Wildman–Crippen MR) is 83.7 cm³/mol. The van der Waals surface area contributed by atoms with Crippen LogP contribution in [-0.4, -0.2) is 13.2 Å². The lowest BCUT2D eigenvalue weighted by molar-refractivity contribution is 0.351. The van der Waals surface area contributed by atoms with E-state index < -0.39 is 0 Å². The Kier molecular flexibility index (Phi) is 6.87. The van der Waals surface area contributed by atoms with E-state index in [9.17, 15) is 0 Å². The summed E-state index contributed by atoms with van der Waals surface area (Å²) in [5.74, 6) is 12.9. The van der Waals surface area contributed by atoms with E-state index in [2.05, 4.69) is 43.6 Å². The molecule has 0 aliphatic carbocycles. The summed E-state index contributed by atoms with van der Waals surface area (Å²) in [4.78, 5) is 0. The highest BCUT2D eigenvalue weighted by Gasteiger charge is 2.01. The van der Waals surface area contributed by atoms with Crippen LogP contribution >= 0.6 is 0 Å². The van der Waals surface area contributed by atoms with E-state index in [0.29, 0.717) is 13.2 Å². The van der Waals surface area contributed by atoms with Crippen LogP contribution < -0.4 is 9.47 Å². The zero-order valence-corrected chi connectivity index (χ0v) is 12.5. The number of hydrogen-bond acceptors (Lipinski definition) is 2. The molecule has 20 heavy (non-hydrogen) atoms. The molecule has 0 spiro atoms. The minimum atomic E-state index is 0.378. The summed E-state index contributed by atoms with van der Waals surface area (Å²) < 4.78 is 11.2. The lowest BCUT2D eigenvalue weighted by Crippen LogP contribution is -1.98. The molecule has 0 radical (unpaired) electrons. The Morgan fingerprint density at radius 2 is 1.45 bits per heavy atom. The number of allylic oxidation sites excluding steroid dienone is 1. The fourth-order valence-corrected chi connectivity index (χ4v) is 1.56. The SMILES string of the molecule is CC#CCOc1cc(C=C(C)C)cc(OCC#CC)c1. The standard InChI is InChI=1S/C18H20O2/c1-5-7-9-19-17-12-16(11-15(3)4)13-18(14-17)20-10-8-6-2/h11-14H,9-10H2,1-4H3. The molecule has 104 valence electrons. The van der Waals surface area contributed by atoms with Crippen molar-refractivity contribution in [1.29, 1.82) is 0 Å². The third-order valence-electron chi connectivity index (χ3n) is 2.33. The van der Waals surface area contributed by atoms with Crippen LogP contribution in [0.15, 0.2) is 23.8 Å². The quantitative estimate of drug-likeness (QED) is 0.754. The molecule has 2 heteroatoms. The van der Waals surface area contributed by atoms with Gasteiger partial charge in [0.1, 0.15) is 24.7 Å². The summed E-state index contributed by atoms with van der Waals surface area (Å²) in [6.45, 7) is 8.45. The van der Waals surface area contributed by atoms with E-state index in [-0.39, 0.29) is 0 Å². The first kappa shape index (κ1) is 15.7. The van der Waals surface area contributed by atoms with Crippen LogP contribution in [0.5, 0.6) is 11.5 Å². The van der Waals surface area contributed by atoms with Crippen LogP contribution in [0.25, 0.3) is 6.08 Å². The first-order valence-corrected chi connectivity index (χ1v) is 6.50. The van der Waals surface area contributed by atoms with Crippen LogP contribution in [0.2, 0.25) is 0 Å². The Balaban J connectivity index is 2.95. The van der Waals surface area contributed by atoms with Crippen molar-refractivity contribution in [2.75, 3.05) is 13.2 Å². The van der Waals surface area contributed by atoms with E-state index in [1.807, 2.05) is 18.2 Å². The molecular formula is C18H20O2. The Hall–Kier alpha value is -2.32. The molecule has 1 aromatic rings. The van der Waals surface area contributed by atoms with Gasteiger partial charge in [-0.1, -0.05) is 23.5 Å². The van der Waals surface area contributed by atoms with Crippen molar-refractivity contribution in [3.8, 4) is 35.2 Å². The monoisotopic (exact) mass is 268 g/mol. The highest BCUT2D eigenvalue weighted by atomic mass is 16.5. The number of rotatable bonds is 5. The summed E-state index contributed by atoms with van der Waals surface area (Å²) in [6, 6.07) is 5.81. The third kappa shape index (κ3) is 6.03. The number of hydrogen-bond donors (Lipinski definition) is 0. The predicted octanol–water partition coefficient (Wildman–Crippen LogP) is 3.91. The van der Waals surface area contributed by atoms with Gasteiger partial charge in [0.25, 0.3) is 0 Å². The second kappa shape index (κ2) is 8.73. The van der Waals surface area contributed by atoms with Crippen molar-refractivity contribution in [2.24, 2.45) is 0 Å². The van der Waals surface area contributed by atoms with Crippen LogP contribution in [0.4, 0.5) is 0 Å². The number of benzene rings is 1. The van der Waals surface area contributed by atoms with E-state index >= 15 is 0 Å². The minimum absolute atomic E-state index is 0.378. The Labute approximate surface area is 121 Å². The molecule has 0 saturated heterocycles. The minimum Gasteiger partial charge on any atom is -0.481 e. The maximum atomic E-state index is 5.60. The van der Waals surface area contributed by atoms with Crippen LogP contribution in [0.3, 0.4) is 0 Å². The molecule has 0 saturated carbocycles. The first-order valence-electron chi connectivity index (χ1n) is 6.50. The molecule has 0 fully saturated rings. The molecule has 0 unspecified atom stereocenters. The first-order chi connectivity index (χ1) is 9.65. The molecular weight excluding hydrogens is 248 g/mol. The summed E-state index contributed by atoms with van der Waals surface area (Å²) in [5.41, 5.74) is 2.27. The van der Waals surface area contributed by atoms with Crippen molar-refractivity contribution in [3.63, 3.8) is 0 Å². The molecule has 0 atom stereocenters. The molecule has 0 N–H and O–H groups in total. The maximum absolute atomic E-state index is 5.60. The van der Waals surface area contributed by atoms with Crippen LogP contribution in [-0.2, 0) is 0 Å². The van der Waals surface area contributed by atoms with Gasteiger partial charge in [-0.15, -0.1) is 11.8 Å². The van der Waals surface area contributed by atoms with Crippen molar-refractivity contribution < 1.29 is 9.47 Å². The van der Waals surface area contributed by atoms with Crippen LogP contribution in [0.1, 0.15) is 33.3 Å². The molecule has 1 aromatic carbocycles. The van der Waals surface area contributed by atoms with E-state index in [1.54, 1.807) is 13.8 Å². The molecule has 0 heterocycles. The topological polar surface area (TPSA) is 18.5 Å². The van der Waals surface area contributed by atoms with Gasteiger partial charge in [-0.05, 0) is 45.4 Å². The zero-order chi connectivity index (χ0) is 14.8. The van der Waals surface area contributed by atoms with Gasteiger partial charge in [0.05, 0.1) is 0 Å². The van der Waals surface area contributed by atoms with Gasteiger partial charge in [0.15, 0.2) is 0 Å². The lowest BCUT2D eigenvalue weighted by atomic mass is 10.1. The van der Waals surface area contributed by atoms with E-state index in [0.717, 1.165) is 17.1 Å². The normalized spacial score (nSPS) is 8.60. The van der Waals surface area contributed by atoms with Gasteiger partial charge in [-0.2, -0.15) is 0 Å². The Morgan fingerprint density at radius 3 is 1.85 bits per heavy atom. The Morgan fingerprint density at radius 1 is 0.950 bits per heavy atom. The second-order valence-corrected chi connectivity index (χ2v) is 4.39. The highest BCUT2D eigenvalue weighted by molar-refractivity contribution is 5.57. The summed E-state index contributed by atoms with van der Waals surface area (Å²) in [6.07, 6.45) is 2.08. The summed E-state index contributed by atoms with van der Waals surface area (Å²) >= 11 is 0. The van der Waals surface area contributed by atoms with Gasteiger partial charge >= 0.3 is 0 Å². The largest absolute Gasteiger partial charge is 0.481 e. The number of ether oxygens (including phenoxy) is 2. The van der Waals surface area contributed by atoms with E-state index in [4.69, 9.17) is 9.47 Å². The molecule has 2 nitrogen and oxygen atoms in total. The Bertz CT molecular complexity index is 543. The average Bonchev–Trinajstić information content (AvgIpc) is 2.38.